The van der Waals surface area contributed by atoms with Crippen LogP contribution in [0.3, 0.4) is 0 Å². The lowest BCUT2D eigenvalue weighted by Gasteiger charge is -2.09. The second kappa shape index (κ2) is 4.73. The van der Waals surface area contributed by atoms with E-state index in [9.17, 15) is 18.4 Å². The molecular weight excluding hydrogens is 283 g/mol. The molecule has 2 aromatic carbocycles. The SMILES string of the molecule is On1c(-c2ccccc2)cc2ccc(OC(F)(F)F)cc21. The fourth-order valence-corrected chi connectivity index (χ4v) is 2.18. The molecule has 0 saturated heterocycles. The number of alkyl halides is 3. The van der Waals surface area contributed by atoms with Crippen molar-refractivity contribution in [1.82, 2.24) is 4.73 Å². The lowest BCUT2D eigenvalue weighted by molar-refractivity contribution is -0.274. The van der Waals surface area contributed by atoms with E-state index in [1.165, 1.54) is 12.1 Å². The van der Waals surface area contributed by atoms with Crippen molar-refractivity contribution in [3.8, 4) is 17.0 Å². The molecule has 0 atom stereocenters. The second-order valence-electron chi connectivity index (χ2n) is 4.48. The zero-order valence-corrected chi connectivity index (χ0v) is 10.6. The molecular formula is C15H10F3NO2. The third-order valence-electron chi connectivity index (χ3n) is 3.05. The number of ether oxygens (including phenoxy) is 1. The van der Waals surface area contributed by atoms with Gasteiger partial charge in [0.2, 0.25) is 0 Å². The molecule has 21 heavy (non-hydrogen) atoms. The highest BCUT2D eigenvalue weighted by atomic mass is 19.4. The number of hydrogen-bond acceptors (Lipinski definition) is 2. The maximum atomic E-state index is 12.2. The summed E-state index contributed by atoms with van der Waals surface area (Å²) in [4.78, 5) is 0. The second-order valence-corrected chi connectivity index (χ2v) is 4.48. The largest absolute Gasteiger partial charge is 0.573 e. The molecule has 0 bridgehead atoms. The number of benzene rings is 2. The summed E-state index contributed by atoms with van der Waals surface area (Å²) in [5.74, 6) is -0.372. The summed E-state index contributed by atoms with van der Waals surface area (Å²) in [6.07, 6.45) is -4.76. The van der Waals surface area contributed by atoms with E-state index in [-0.39, 0.29) is 11.3 Å². The summed E-state index contributed by atoms with van der Waals surface area (Å²) < 4.78 is 41.4. The molecule has 0 aliphatic heterocycles. The molecule has 0 amide bonds. The van der Waals surface area contributed by atoms with Gasteiger partial charge in [0, 0.05) is 17.0 Å². The van der Waals surface area contributed by atoms with Crippen LogP contribution < -0.4 is 4.74 Å². The molecule has 0 spiro atoms. The summed E-state index contributed by atoms with van der Waals surface area (Å²) in [5, 5.41) is 10.8. The van der Waals surface area contributed by atoms with Gasteiger partial charge in [-0.15, -0.1) is 13.2 Å². The smallest absolute Gasteiger partial charge is 0.428 e. The third-order valence-corrected chi connectivity index (χ3v) is 3.05. The first kappa shape index (κ1) is 13.4. The van der Waals surface area contributed by atoms with Gasteiger partial charge in [-0.3, -0.25) is 0 Å². The number of rotatable bonds is 2. The third kappa shape index (κ3) is 2.65. The Kier molecular flexibility index (Phi) is 3.01. The van der Waals surface area contributed by atoms with Crippen LogP contribution in [0.2, 0.25) is 0 Å². The highest BCUT2D eigenvalue weighted by molar-refractivity contribution is 5.87. The van der Waals surface area contributed by atoms with Crippen LogP contribution >= 0.6 is 0 Å². The molecule has 3 nitrogen and oxygen atoms in total. The molecule has 0 aliphatic rings. The molecule has 0 saturated carbocycles. The van der Waals surface area contributed by atoms with Gasteiger partial charge in [0.15, 0.2) is 0 Å². The van der Waals surface area contributed by atoms with Gasteiger partial charge in [-0.1, -0.05) is 30.3 Å². The van der Waals surface area contributed by atoms with Crippen LogP contribution in [0.5, 0.6) is 5.75 Å². The monoisotopic (exact) mass is 293 g/mol. The lowest BCUT2D eigenvalue weighted by atomic mass is 10.1. The van der Waals surface area contributed by atoms with E-state index in [0.29, 0.717) is 11.1 Å². The van der Waals surface area contributed by atoms with Crippen LogP contribution in [0.15, 0.2) is 54.6 Å². The summed E-state index contributed by atoms with van der Waals surface area (Å²) in [6, 6.07) is 14.6. The van der Waals surface area contributed by atoms with Crippen molar-refractivity contribution in [2.24, 2.45) is 0 Å². The van der Waals surface area contributed by atoms with E-state index in [1.807, 2.05) is 18.2 Å². The minimum absolute atomic E-state index is 0.246. The van der Waals surface area contributed by atoms with Crippen LogP contribution in [-0.2, 0) is 0 Å². The van der Waals surface area contributed by atoms with E-state index in [2.05, 4.69) is 4.74 Å². The zero-order valence-electron chi connectivity index (χ0n) is 10.6. The standard InChI is InChI=1S/C15H10F3NO2/c16-15(17,18)21-12-7-6-11-8-13(19(20)14(11)9-12)10-4-2-1-3-5-10/h1-9,20H. The van der Waals surface area contributed by atoms with Gasteiger partial charge in [-0.2, -0.15) is 4.73 Å². The predicted octanol–water partition coefficient (Wildman–Crippen LogP) is 4.44. The number of aromatic nitrogens is 1. The first-order valence-corrected chi connectivity index (χ1v) is 6.10. The van der Waals surface area contributed by atoms with E-state index >= 15 is 0 Å². The average molecular weight is 293 g/mol. The van der Waals surface area contributed by atoms with Crippen LogP contribution in [-0.4, -0.2) is 16.3 Å². The Bertz CT molecular complexity index is 779. The Hall–Kier alpha value is -2.63. The highest BCUT2D eigenvalue weighted by Gasteiger charge is 2.31. The van der Waals surface area contributed by atoms with Crippen molar-refractivity contribution in [3.05, 3.63) is 54.6 Å². The van der Waals surface area contributed by atoms with E-state index in [0.717, 1.165) is 16.4 Å². The van der Waals surface area contributed by atoms with Gasteiger partial charge in [0.1, 0.15) is 5.75 Å². The van der Waals surface area contributed by atoms with Crippen molar-refractivity contribution < 1.29 is 23.1 Å². The van der Waals surface area contributed by atoms with Crippen LogP contribution in [0.4, 0.5) is 13.2 Å². The maximum absolute atomic E-state index is 12.2. The van der Waals surface area contributed by atoms with E-state index < -0.39 is 6.36 Å². The minimum Gasteiger partial charge on any atom is -0.428 e. The molecule has 0 radical (unpaired) electrons. The zero-order chi connectivity index (χ0) is 15.0. The Labute approximate surface area is 117 Å². The van der Waals surface area contributed by atoms with Gasteiger partial charge < -0.3 is 9.94 Å². The van der Waals surface area contributed by atoms with Crippen molar-refractivity contribution in [1.29, 1.82) is 0 Å². The first-order chi connectivity index (χ1) is 9.94. The Morgan fingerprint density at radius 2 is 1.67 bits per heavy atom. The molecule has 3 rings (SSSR count). The molecule has 1 aromatic heterocycles. The van der Waals surface area contributed by atoms with Crippen LogP contribution in [0.25, 0.3) is 22.2 Å². The summed E-state index contributed by atoms with van der Waals surface area (Å²) in [7, 11) is 0. The average Bonchev–Trinajstić information content (AvgIpc) is 2.75. The maximum Gasteiger partial charge on any atom is 0.573 e. The summed E-state index contributed by atoms with van der Waals surface area (Å²) in [6.45, 7) is 0. The van der Waals surface area contributed by atoms with E-state index in [4.69, 9.17) is 0 Å². The number of halogens is 3. The molecule has 6 heteroatoms. The van der Waals surface area contributed by atoms with Crippen molar-refractivity contribution in [2.45, 2.75) is 6.36 Å². The molecule has 0 aliphatic carbocycles. The van der Waals surface area contributed by atoms with Gasteiger partial charge in [0.05, 0.1) is 11.2 Å². The van der Waals surface area contributed by atoms with Gasteiger partial charge >= 0.3 is 6.36 Å². The first-order valence-electron chi connectivity index (χ1n) is 6.10. The van der Waals surface area contributed by atoms with E-state index in [1.54, 1.807) is 18.2 Å². The predicted molar refractivity (Wildman–Crippen MR) is 71.2 cm³/mol. The lowest BCUT2D eigenvalue weighted by Crippen LogP contribution is -2.17. The summed E-state index contributed by atoms with van der Waals surface area (Å²) >= 11 is 0. The molecule has 0 unspecified atom stereocenters. The van der Waals surface area contributed by atoms with Crippen LogP contribution in [0.1, 0.15) is 0 Å². The molecule has 0 fully saturated rings. The molecule has 108 valence electrons. The molecule has 3 aromatic rings. The van der Waals surface area contributed by atoms with Gasteiger partial charge in [-0.25, -0.2) is 0 Å². The van der Waals surface area contributed by atoms with Gasteiger partial charge in [0.25, 0.3) is 0 Å². The topological polar surface area (TPSA) is 34.4 Å². The fraction of sp³-hybridized carbons (Fsp3) is 0.0667. The summed E-state index contributed by atoms with van der Waals surface area (Å²) in [5.41, 5.74) is 1.50. The quantitative estimate of drug-likeness (QED) is 0.709. The van der Waals surface area contributed by atoms with Crippen LogP contribution in [0, 0.1) is 0 Å². The molecule has 1 N–H and O–H groups in total. The van der Waals surface area contributed by atoms with Gasteiger partial charge in [-0.05, 0) is 18.2 Å². The van der Waals surface area contributed by atoms with Crippen molar-refractivity contribution >= 4 is 10.9 Å². The minimum atomic E-state index is -4.76. The number of nitrogens with zero attached hydrogens (tertiary/aromatic N) is 1. The number of hydrogen-bond donors (Lipinski definition) is 1. The molecule has 1 heterocycles. The van der Waals surface area contributed by atoms with Crippen molar-refractivity contribution in [3.63, 3.8) is 0 Å². The number of fused-ring (bicyclic) bond motifs is 1. The fourth-order valence-electron chi connectivity index (χ4n) is 2.18. The normalized spacial score (nSPS) is 11.8. The highest BCUT2D eigenvalue weighted by Crippen LogP contribution is 2.31. The Morgan fingerprint density at radius 3 is 2.33 bits per heavy atom. The Morgan fingerprint density at radius 1 is 0.952 bits per heavy atom. The van der Waals surface area contributed by atoms with Crippen molar-refractivity contribution in [2.75, 3.05) is 0 Å². The Balaban J connectivity index is 2.09.